The van der Waals surface area contributed by atoms with Gasteiger partial charge < -0.3 is 9.84 Å². The van der Waals surface area contributed by atoms with Crippen molar-refractivity contribution >= 4 is 5.97 Å². The first-order chi connectivity index (χ1) is 5.10. The lowest BCUT2D eigenvalue weighted by Gasteiger charge is -2.41. The van der Waals surface area contributed by atoms with Gasteiger partial charge in [0.15, 0.2) is 0 Å². The van der Waals surface area contributed by atoms with E-state index in [1.54, 1.807) is 0 Å². The van der Waals surface area contributed by atoms with Gasteiger partial charge in [-0.3, -0.25) is 4.79 Å². The second-order valence-electron chi connectivity index (χ2n) is 3.85. The molecule has 3 aliphatic rings. The first-order valence-electron chi connectivity index (χ1n) is 3.91. The zero-order chi connectivity index (χ0) is 8.11. The molecule has 3 aliphatic carbocycles. The van der Waals surface area contributed by atoms with Crippen LogP contribution in [0.3, 0.4) is 0 Å². The standard InChI is InChI=1S/C8H12O3/c1-11-6(9)7-2-3-8(10,4-7)5-7/h10H,2-5H2,1H3. The highest BCUT2D eigenvalue weighted by Gasteiger charge is 2.64. The van der Waals surface area contributed by atoms with E-state index >= 15 is 0 Å². The molecule has 0 heterocycles. The van der Waals surface area contributed by atoms with Crippen molar-refractivity contribution in [3.8, 4) is 0 Å². The third kappa shape index (κ3) is 0.745. The largest absolute Gasteiger partial charge is 0.469 e. The van der Waals surface area contributed by atoms with Crippen LogP contribution >= 0.6 is 0 Å². The Morgan fingerprint density at radius 1 is 1.45 bits per heavy atom. The topological polar surface area (TPSA) is 46.5 Å². The van der Waals surface area contributed by atoms with E-state index in [-0.39, 0.29) is 11.4 Å². The number of hydrogen-bond acceptors (Lipinski definition) is 3. The number of ether oxygens (including phenoxy) is 1. The van der Waals surface area contributed by atoms with Crippen molar-refractivity contribution in [3.63, 3.8) is 0 Å². The Kier molecular flexibility index (Phi) is 1.15. The smallest absolute Gasteiger partial charge is 0.312 e. The van der Waals surface area contributed by atoms with Crippen molar-refractivity contribution in [2.24, 2.45) is 5.41 Å². The molecular weight excluding hydrogens is 144 g/mol. The van der Waals surface area contributed by atoms with Gasteiger partial charge in [-0.15, -0.1) is 0 Å². The molecule has 62 valence electrons. The summed E-state index contributed by atoms with van der Waals surface area (Å²) in [6, 6.07) is 0. The summed E-state index contributed by atoms with van der Waals surface area (Å²) >= 11 is 0. The summed E-state index contributed by atoms with van der Waals surface area (Å²) < 4.78 is 4.67. The summed E-state index contributed by atoms with van der Waals surface area (Å²) in [5.74, 6) is -0.139. The molecule has 0 spiro atoms. The van der Waals surface area contributed by atoms with Crippen molar-refractivity contribution in [1.29, 1.82) is 0 Å². The van der Waals surface area contributed by atoms with E-state index in [0.29, 0.717) is 12.8 Å². The number of esters is 1. The molecule has 3 rings (SSSR count). The quantitative estimate of drug-likeness (QED) is 0.561. The van der Waals surface area contributed by atoms with Gasteiger partial charge in [-0.05, 0) is 25.7 Å². The highest BCUT2D eigenvalue weighted by atomic mass is 16.5. The van der Waals surface area contributed by atoms with Gasteiger partial charge in [0, 0.05) is 0 Å². The molecular formula is C8H12O3. The van der Waals surface area contributed by atoms with Gasteiger partial charge >= 0.3 is 5.97 Å². The number of rotatable bonds is 1. The van der Waals surface area contributed by atoms with Gasteiger partial charge in [-0.2, -0.15) is 0 Å². The van der Waals surface area contributed by atoms with Crippen molar-refractivity contribution in [2.45, 2.75) is 31.3 Å². The molecule has 0 amide bonds. The van der Waals surface area contributed by atoms with E-state index in [1.807, 2.05) is 0 Å². The van der Waals surface area contributed by atoms with Crippen LogP contribution in [0.5, 0.6) is 0 Å². The van der Waals surface area contributed by atoms with Crippen molar-refractivity contribution in [2.75, 3.05) is 7.11 Å². The van der Waals surface area contributed by atoms with Crippen LogP contribution in [-0.4, -0.2) is 23.8 Å². The predicted octanol–water partition coefficient (Wildman–Crippen LogP) is 0.464. The molecule has 3 saturated carbocycles. The van der Waals surface area contributed by atoms with E-state index in [4.69, 9.17) is 0 Å². The Morgan fingerprint density at radius 3 is 2.45 bits per heavy atom. The Labute approximate surface area is 65.4 Å². The Morgan fingerprint density at radius 2 is 2.09 bits per heavy atom. The van der Waals surface area contributed by atoms with Gasteiger partial charge in [0.2, 0.25) is 0 Å². The normalized spacial score (nSPS) is 46.7. The predicted molar refractivity (Wildman–Crippen MR) is 37.9 cm³/mol. The lowest BCUT2D eigenvalue weighted by Crippen LogP contribution is -2.47. The van der Waals surface area contributed by atoms with Gasteiger partial charge in [0.05, 0.1) is 18.1 Å². The number of aliphatic hydroxyl groups is 1. The monoisotopic (exact) mass is 156 g/mol. The van der Waals surface area contributed by atoms with Crippen molar-refractivity contribution in [1.82, 2.24) is 0 Å². The molecule has 11 heavy (non-hydrogen) atoms. The minimum Gasteiger partial charge on any atom is -0.469 e. The molecule has 0 aliphatic heterocycles. The Balaban J connectivity index is 2.13. The average Bonchev–Trinajstić information content (AvgIpc) is 2.40. The summed E-state index contributed by atoms with van der Waals surface area (Å²) in [5.41, 5.74) is -0.822. The van der Waals surface area contributed by atoms with E-state index in [2.05, 4.69) is 4.74 Å². The maximum Gasteiger partial charge on any atom is 0.312 e. The lowest BCUT2D eigenvalue weighted by molar-refractivity contribution is -0.167. The molecule has 0 aromatic carbocycles. The summed E-state index contributed by atoms with van der Waals surface area (Å²) in [6.07, 6.45) is 2.80. The summed E-state index contributed by atoms with van der Waals surface area (Å²) in [7, 11) is 1.41. The van der Waals surface area contributed by atoms with Crippen molar-refractivity contribution < 1.29 is 14.6 Å². The minimum absolute atomic E-state index is 0.139. The number of hydrogen-bond donors (Lipinski definition) is 1. The molecule has 0 aromatic heterocycles. The van der Waals surface area contributed by atoms with Crippen LogP contribution in [0.15, 0.2) is 0 Å². The van der Waals surface area contributed by atoms with Gasteiger partial charge in [-0.25, -0.2) is 0 Å². The zero-order valence-electron chi connectivity index (χ0n) is 6.59. The molecule has 0 saturated heterocycles. The average molecular weight is 156 g/mol. The molecule has 3 fully saturated rings. The summed E-state index contributed by atoms with van der Waals surface area (Å²) in [6.45, 7) is 0. The fourth-order valence-electron chi connectivity index (χ4n) is 2.50. The van der Waals surface area contributed by atoms with Crippen LogP contribution in [0.2, 0.25) is 0 Å². The second kappa shape index (κ2) is 1.78. The first kappa shape index (κ1) is 7.10. The zero-order valence-corrected chi connectivity index (χ0v) is 6.59. The highest BCUT2D eigenvalue weighted by Crippen LogP contribution is 2.61. The SMILES string of the molecule is COC(=O)C12CCC(O)(C1)C2. The van der Waals surface area contributed by atoms with E-state index in [9.17, 15) is 9.90 Å². The van der Waals surface area contributed by atoms with Gasteiger partial charge in [-0.1, -0.05) is 0 Å². The van der Waals surface area contributed by atoms with E-state index in [0.717, 1.165) is 12.8 Å². The third-order valence-corrected chi connectivity index (χ3v) is 3.02. The molecule has 0 aromatic rings. The van der Waals surface area contributed by atoms with Crippen LogP contribution in [0.1, 0.15) is 25.7 Å². The summed E-state index contributed by atoms with van der Waals surface area (Å²) in [5, 5.41) is 9.56. The summed E-state index contributed by atoms with van der Waals surface area (Å²) in [4.78, 5) is 11.2. The van der Waals surface area contributed by atoms with Crippen LogP contribution in [0.25, 0.3) is 0 Å². The van der Waals surface area contributed by atoms with Crippen LogP contribution in [0.4, 0.5) is 0 Å². The molecule has 1 N–H and O–H groups in total. The lowest BCUT2D eigenvalue weighted by atomic mass is 9.67. The molecule has 3 nitrogen and oxygen atoms in total. The van der Waals surface area contributed by atoms with Crippen LogP contribution < -0.4 is 0 Å². The number of carbonyl (C=O) groups excluding carboxylic acids is 1. The fourth-order valence-corrected chi connectivity index (χ4v) is 2.50. The Hall–Kier alpha value is -0.570. The molecule has 0 atom stereocenters. The van der Waals surface area contributed by atoms with Gasteiger partial charge in [0.25, 0.3) is 0 Å². The van der Waals surface area contributed by atoms with Crippen LogP contribution in [0, 0.1) is 5.41 Å². The molecule has 0 unspecified atom stereocenters. The van der Waals surface area contributed by atoms with E-state index < -0.39 is 5.60 Å². The molecule has 3 heteroatoms. The van der Waals surface area contributed by atoms with Crippen LogP contribution in [-0.2, 0) is 9.53 Å². The number of carbonyl (C=O) groups is 1. The number of fused-ring (bicyclic) bond motifs is 1. The second-order valence-corrected chi connectivity index (χ2v) is 3.85. The van der Waals surface area contributed by atoms with E-state index in [1.165, 1.54) is 7.11 Å². The maximum absolute atomic E-state index is 11.2. The third-order valence-electron chi connectivity index (χ3n) is 3.02. The highest BCUT2D eigenvalue weighted by molar-refractivity contribution is 5.79. The fraction of sp³-hybridized carbons (Fsp3) is 0.875. The molecule has 0 radical (unpaired) electrons. The molecule has 2 bridgehead atoms. The maximum atomic E-state index is 11.2. The Bertz CT molecular complexity index is 203. The minimum atomic E-state index is -0.520. The van der Waals surface area contributed by atoms with Crippen molar-refractivity contribution in [3.05, 3.63) is 0 Å². The number of methoxy groups -OCH3 is 1. The van der Waals surface area contributed by atoms with Gasteiger partial charge in [0.1, 0.15) is 0 Å². The first-order valence-corrected chi connectivity index (χ1v) is 3.91.